The van der Waals surface area contributed by atoms with Crippen LogP contribution < -0.4 is 5.32 Å². The van der Waals surface area contributed by atoms with Crippen LogP contribution in [0.25, 0.3) is 5.57 Å². The van der Waals surface area contributed by atoms with Crippen molar-refractivity contribution >= 4 is 17.2 Å². The highest BCUT2D eigenvalue weighted by Gasteiger charge is 2.24. The van der Waals surface area contributed by atoms with E-state index in [1.54, 1.807) is 6.20 Å². The molecule has 31 heavy (non-hydrogen) atoms. The van der Waals surface area contributed by atoms with Crippen LogP contribution in [0.1, 0.15) is 60.5 Å². The summed E-state index contributed by atoms with van der Waals surface area (Å²) in [5.74, 6) is 0.144. The van der Waals surface area contributed by atoms with Crippen molar-refractivity contribution in [3.63, 3.8) is 0 Å². The lowest BCUT2D eigenvalue weighted by Crippen LogP contribution is -2.37. The number of nitrogens with zero attached hydrogens (tertiary/aromatic N) is 2. The second-order valence-electron chi connectivity index (χ2n) is 9.53. The molecule has 166 valence electrons. The van der Waals surface area contributed by atoms with E-state index in [0.717, 1.165) is 75.5 Å². The van der Waals surface area contributed by atoms with E-state index < -0.39 is 0 Å². The van der Waals surface area contributed by atoms with Gasteiger partial charge in [-0.3, -0.25) is 9.69 Å². The molecule has 2 N–H and O–H groups in total. The fourth-order valence-electron chi connectivity index (χ4n) is 4.27. The van der Waals surface area contributed by atoms with Gasteiger partial charge < -0.3 is 15.0 Å². The Hall–Kier alpha value is -2.44. The Morgan fingerprint density at radius 3 is 2.77 bits per heavy atom. The molecule has 0 unspecified atom stereocenters. The predicted octanol–water partition coefficient (Wildman–Crippen LogP) is 4.44. The van der Waals surface area contributed by atoms with Crippen molar-refractivity contribution in [2.24, 2.45) is 5.41 Å². The standard InChI is InChI=1S/C25H34N4O2/c1-18-17-26-23(27-18)24(30)28-22-5-4-19(8-11-29-12-14-31-15-13-29)16-21(22)20-6-9-25(2,3)10-7-20/h4-6,16-17H,7-15H2,1-3H3,(H,26,27)(H,28,30). The number of carbonyl (C=O) groups excluding carboxylic acids is 1. The predicted molar refractivity (Wildman–Crippen MR) is 124 cm³/mol. The Labute approximate surface area is 185 Å². The number of morpholine rings is 1. The van der Waals surface area contributed by atoms with Gasteiger partial charge in [0.05, 0.1) is 18.9 Å². The minimum absolute atomic E-state index is 0.202. The van der Waals surface area contributed by atoms with Crippen LogP contribution in [-0.4, -0.2) is 53.6 Å². The first kappa shape index (κ1) is 21.8. The third-order valence-corrected chi connectivity index (χ3v) is 6.39. The number of anilines is 1. The summed E-state index contributed by atoms with van der Waals surface area (Å²) >= 11 is 0. The highest BCUT2D eigenvalue weighted by molar-refractivity contribution is 6.03. The number of nitrogens with one attached hydrogen (secondary N) is 2. The minimum Gasteiger partial charge on any atom is -0.379 e. The Bertz CT molecular complexity index is 954. The maximum atomic E-state index is 12.7. The first-order valence-corrected chi connectivity index (χ1v) is 11.4. The van der Waals surface area contributed by atoms with Gasteiger partial charge in [0.15, 0.2) is 5.82 Å². The molecular weight excluding hydrogens is 388 g/mol. The molecule has 0 atom stereocenters. The molecule has 0 spiro atoms. The van der Waals surface area contributed by atoms with Gasteiger partial charge in [0.2, 0.25) is 0 Å². The zero-order chi connectivity index (χ0) is 21.8. The molecule has 0 bridgehead atoms. The summed E-state index contributed by atoms with van der Waals surface area (Å²) < 4.78 is 5.46. The van der Waals surface area contributed by atoms with Gasteiger partial charge in [-0.25, -0.2) is 4.98 Å². The van der Waals surface area contributed by atoms with E-state index in [1.165, 1.54) is 11.1 Å². The summed E-state index contributed by atoms with van der Waals surface area (Å²) in [7, 11) is 0. The molecule has 4 rings (SSSR count). The summed E-state index contributed by atoms with van der Waals surface area (Å²) in [5.41, 5.74) is 5.79. The number of rotatable bonds is 6. The first-order valence-electron chi connectivity index (χ1n) is 11.4. The second-order valence-corrected chi connectivity index (χ2v) is 9.53. The number of hydrogen-bond acceptors (Lipinski definition) is 4. The van der Waals surface area contributed by atoms with E-state index in [1.807, 2.05) is 6.92 Å². The molecule has 1 aromatic carbocycles. The van der Waals surface area contributed by atoms with Gasteiger partial charge in [-0.2, -0.15) is 0 Å². The molecule has 1 saturated heterocycles. The van der Waals surface area contributed by atoms with Crippen LogP contribution in [0.15, 0.2) is 30.5 Å². The highest BCUT2D eigenvalue weighted by atomic mass is 16.5. The quantitative estimate of drug-likeness (QED) is 0.722. The van der Waals surface area contributed by atoms with Crippen molar-refractivity contribution in [2.75, 3.05) is 38.2 Å². The van der Waals surface area contributed by atoms with E-state index in [-0.39, 0.29) is 5.91 Å². The fourth-order valence-corrected chi connectivity index (χ4v) is 4.27. The number of benzene rings is 1. The molecule has 0 saturated carbocycles. The van der Waals surface area contributed by atoms with Gasteiger partial charge in [-0.1, -0.05) is 26.0 Å². The van der Waals surface area contributed by atoms with Crippen LogP contribution >= 0.6 is 0 Å². The maximum Gasteiger partial charge on any atom is 0.291 e. The van der Waals surface area contributed by atoms with Gasteiger partial charge >= 0.3 is 0 Å². The lowest BCUT2D eigenvalue weighted by molar-refractivity contribution is 0.0384. The summed E-state index contributed by atoms with van der Waals surface area (Å²) in [6.07, 6.45) is 8.35. The number of imidazole rings is 1. The zero-order valence-corrected chi connectivity index (χ0v) is 19.0. The maximum absolute atomic E-state index is 12.7. The van der Waals surface area contributed by atoms with Crippen LogP contribution in [-0.2, 0) is 11.2 Å². The minimum atomic E-state index is -0.202. The van der Waals surface area contributed by atoms with Crippen molar-refractivity contribution in [1.29, 1.82) is 0 Å². The van der Waals surface area contributed by atoms with E-state index in [4.69, 9.17) is 4.74 Å². The number of amides is 1. The van der Waals surface area contributed by atoms with Gasteiger partial charge in [0, 0.05) is 37.1 Å². The zero-order valence-electron chi connectivity index (χ0n) is 19.0. The summed E-state index contributed by atoms with van der Waals surface area (Å²) in [6, 6.07) is 6.46. The van der Waals surface area contributed by atoms with Crippen LogP contribution in [0, 0.1) is 12.3 Å². The van der Waals surface area contributed by atoms with Crippen molar-refractivity contribution in [3.8, 4) is 0 Å². The number of hydrogen-bond donors (Lipinski definition) is 2. The van der Waals surface area contributed by atoms with E-state index in [9.17, 15) is 4.79 Å². The third-order valence-electron chi connectivity index (χ3n) is 6.39. The van der Waals surface area contributed by atoms with Crippen LogP contribution in [0.2, 0.25) is 0 Å². The van der Waals surface area contributed by atoms with Gasteiger partial charge in [0.1, 0.15) is 0 Å². The second kappa shape index (κ2) is 9.37. The van der Waals surface area contributed by atoms with Crippen molar-refractivity contribution in [2.45, 2.75) is 46.5 Å². The van der Waals surface area contributed by atoms with Gasteiger partial charge in [-0.15, -0.1) is 0 Å². The Balaban J connectivity index is 1.55. The third kappa shape index (κ3) is 5.63. The topological polar surface area (TPSA) is 70.2 Å². The van der Waals surface area contributed by atoms with Crippen molar-refractivity contribution in [1.82, 2.24) is 14.9 Å². The molecule has 1 aliphatic heterocycles. The molecule has 2 aliphatic rings. The summed E-state index contributed by atoms with van der Waals surface area (Å²) in [6.45, 7) is 11.2. The lowest BCUT2D eigenvalue weighted by Gasteiger charge is -2.30. The molecule has 1 fully saturated rings. The summed E-state index contributed by atoms with van der Waals surface area (Å²) in [5, 5.41) is 3.09. The van der Waals surface area contributed by atoms with E-state index in [0.29, 0.717) is 11.2 Å². The Kier molecular flexibility index (Phi) is 6.58. The number of carbonyl (C=O) groups is 1. The van der Waals surface area contributed by atoms with Crippen LogP contribution in [0.5, 0.6) is 0 Å². The van der Waals surface area contributed by atoms with E-state index >= 15 is 0 Å². The first-order chi connectivity index (χ1) is 14.9. The number of H-pyrrole nitrogens is 1. The average molecular weight is 423 g/mol. The van der Waals surface area contributed by atoms with Crippen LogP contribution in [0.3, 0.4) is 0 Å². The molecule has 1 aromatic heterocycles. The number of aromatic nitrogens is 2. The normalized spacial score (nSPS) is 19.1. The smallest absolute Gasteiger partial charge is 0.291 e. The molecule has 1 amide bonds. The summed E-state index contributed by atoms with van der Waals surface area (Å²) in [4.78, 5) is 22.4. The molecule has 6 heteroatoms. The molecular formula is C25H34N4O2. The molecule has 6 nitrogen and oxygen atoms in total. The van der Waals surface area contributed by atoms with Gasteiger partial charge in [0.25, 0.3) is 5.91 Å². The molecule has 2 aromatic rings. The van der Waals surface area contributed by atoms with Crippen molar-refractivity contribution in [3.05, 3.63) is 53.1 Å². The Morgan fingerprint density at radius 1 is 1.29 bits per heavy atom. The molecule has 1 aliphatic carbocycles. The number of allylic oxidation sites excluding steroid dienone is 2. The number of aryl methyl sites for hydroxylation is 1. The number of aromatic amines is 1. The SMILES string of the molecule is Cc1c[nH]c(C(=O)Nc2ccc(CCN3CCOCC3)cc2C2=CCC(C)(C)CC2)n1. The Morgan fingerprint density at radius 2 is 2.10 bits per heavy atom. The van der Waals surface area contributed by atoms with Crippen molar-refractivity contribution < 1.29 is 9.53 Å². The molecule has 0 radical (unpaired) electrons. The molecule has 2 heterocycles. The van der Waals surface area contributed by atoms with E-state index in [2.05, 4.69) is 58.3 Å². The number of ether oxygens (including phenoxy) is 1. The fraction of sp³-hybridized carbons (Fsp3) is 0.520. The highest BCUT2D eigenvalue weighted by Crippen LogP contribution is 2.40. The monoisotopic (exact) mass is 422 g/mol. The lowest BCUT2D eigenvalue weighted by atomic mass is 9.76. The average Bonchev–Trinajstić information content (AvgIpc) is 3.20. The van der Waals surface area contributed by atoms with Gasteiger partial charge in [-0.05, 0) is 61.3 Å². The van der Waals surface area contributed by atoms with Crippen LogP contribution in [0.4, 0.5) is 5.69 Å². The largest absolute Gasteiger partial charge is 0.379 e.